The summed E-state index contributed by atoms with van der Waals surface area (Å²) in [4.78, 5) is 27.5. The van der Waals surface area contributed by atoms with Gasteiger partial charge in [0.2, 0.25) is 9.58 Å². The number of hydrogen-bond donors (Lipinski definition) is 1. The summed E-state index contributed by atoms with van der Waals surface area (Å²) in [6.07, 6.45) is -0.104. The number of benzene rings is 1. The average molecular weight is 423 g/mol. The zero-order valence-electron chi connectivity index (χ0n) is 13.5. The Morgan fingerprint density at radius 1 is 1.16 bits per heavy atom. The minimum absolute atomic E-state index is 0.104. The molecule has 0 aliphatic carbocycles. The van der Waals surface area contributed by atoms with Crippen LogP contribution in [0.5, 0.6) is 0 Å². The number of nitrogens with one attached hydrogen (secondary N) is 1. The van der Waals surface area contributed by atoms with E-state index in [1.807, 2.05) is 0 Å². The minimum Gasteiger partial charge on any atom is -0.466 e. The predicted molar refractivity (Wildman–Crippen MR) is 100.0 cm³/mol. The van der Waals surface area contributed by atoms with Crippen LogP contribution in [0.1, 0.15) is 39.8 Å². The molecule has 1 N–H and O–H groups in total. The van der Waals surface area contributed by atoms with Crippen molar-refractivity contribution in [3.8, 4) is 0 Å². The molecule has 1 aromatic carbocycles. The molecule has 25 heavy (non-hydrogen) atoms. The number of hydrogen-bond acceptors (Lipinski definition) is 3. The molecule has 0 bridgehead atoms. The number of rotatable bonds is 5. The summed E-state index contributed by atoms with van der Waals surface area (Å²) in [6, 6.07) is 6.43. The van der Waals surface area contributed by atoms with Gasteiger partial charge in [-0.1, -0.05) is 46.4 Å². The molecule has 4 nitrogen and oxygen atoms in total. The number of ketones is 1. The van der Waals surface area contributed by atoms with E-state index in [0.717, 1.165) is 0 Å². The summed E-state index contributed by atoms with van der Waals surface area (Å²) >= 11 is 23.8. The second kappa shape index (κ2) is 8.00. The molecular formula is C17H15Cl4NO3. The predicted octanol–water partition coefficient (Wildman–Crippen LogP) is 5.14. The van der Waals surface area contributed by atoms with Crippen molar-refractivity contribution in [1.29, 1.82) is 0 Å². The number of esters is 1. The second-order valence-corrected chi connectivity index (χ2v) is 8.01. The first-order valence-electron chi connectivity index (χ1n) is 7.39. The monoisotopic (exact) mass is 421 g/mol. The highest BCUT2D eigenvalue weighted by molar-refractivity contribution is 6.66. The Labute approximate surface area is 165 Å². The van der Waals surface area contributed by atoms with Crippen LogP contribution in [-0.4, -0.2) is 23.3 Å². The lowest BCUT2D eigenvalue weighted by molar-refractivity contribution is -0.142. The number of carbonyl (C=O) groups excluding carboxylic acids is 2. The summed E-state index contributed by atoms with van der Waals surface area (Å²) in [6.45, 7) is 3.63. The summed E-state index contributed by atoms with van der Waals surface area (Å²) in [7, 11) is 0. The Morgan fingerprint density at radius 3 is 2.28 bits per heavy atom. The van der Waals surface area contributed by atoms with E-state index in [0.29, 0.717) is 21.7 Å². The van der Waals surface area contributed by atoms with Gasteiger partial charge in [-0.3, -0.25) is 9.59 Å². The molecule has 2 aromatic rings. The smallest absolute Gasteiger partial charge is 0.310 e. The average Bonchev–Trinajstić information content (AvgIpc) is 2.85. The SMILES string of the molecule is CCOC(=O)Cc1c(C(Cl)(Cl)Cl)[nH]c(C(=O)c2ccc(Cl)cc2)c1C. The highest BCUT2D eigenvalue weighted by atomic mass is 35.6. The number of carbonyl (C=O) groups is 2. The molecule has 0 aliphatic rings. The van der Waals surface area contributed by atoms with Gasteiger partial charge in [0.25, 0.3) is 0 Å². The van der Waals surface area contributed by atoms with Crippen LogP contribution in [0.25, 0.3) is 0 Å². The fourth-order valence-corrected chi connectivity index (χ4v) is 3.03. The van der Waals surface area contributed by atoms with Gasteiger partial charge in [-0.05, 0) is 49.2 Å². The normalized spacial score (nSPS) is 11.4. The topological polar surface area (TPSA) is 59.2 Å². The molecule has 0 unspecified atom stereocenters. The molecule has 0 saturated carbocycles. The number of H-pyrrole nitrogens is 1. The van der Waals surface area contributed by atoms with Crippen LogP contribution in [0, 0.1) is 6.92 Å². The first kappa shape index (κ1) is 20.1. The van der Waals surface area contributed by atoms with Crippen molar-refractivity contribution in [2.75, 3.05) is 6.61 Å². The highest BCUT2D eigenvalue weighted by Gasteiger charge is 2.33. The van der Waals surface area contributed by atoms with Crippen molar-refractivity contribution in [3.63, 3.8) is 0 Å². The molecule has 0 fully saturated rings. The Hall–Kier alpha value is -1.20. The van der Waals surface area contributed by atoms with Crippen molar-refractivity contribution < 1.29 is 14.3 Å². The molecule has 8 heteroatoms. The summed E-state index contributed by atoms with van der Waals surface area (Å²) in [5.41, 5.74) is 1.83. The van der Waals surface area contributed by atoms with E-state index in [-0.39, 0.29) is 30.2 Å². The fourth-order valence-electron chi connectivity index (χ4n) is 2.42. The van der Waals surface area contributed by atoms with Gasteiger partial charge in [0, 0.05) is 10.6 Å². The largest absolute Gasteiger partial charge is 0.466 e. The van der Waals surface area contributed by atoms with Crippen LogP contribution in [0.3, 0.4) is 0 Å². The summed E-state index contributed by atoms with van der Waals surface area (Å²) < 4.78 is 3.14. The van der Waals surface area contributed by atoms with E-state index in [4.69, 9.17) is 51.1 Å². The highest BCUT2D eigenvalue weighted by Crippen LogP contribution is 2.41. The molecule has 0 amide bonds. The molecular weight excluding hydrogens is 408 g/mol. The van der Waals surface area contributed by atoms with Gasteiger partial charge in [-0.15, -0.1) is 0 Å². The number of aromatic nitrogens is 1. The number of aromatic amines is 1. The van der Waals surface area contributed by atoms with Gasteiger partial charge >= 0.3 is 5.97 Å². The van der Waals surface area contributed by atoms with E-state index in [1.54, 1.807) is 38.1 Å². The first-order valence-corrected chi connectivity index (χ1v) is 8.90. The lowest BCUT2D eigenvalue weighted by atomic mass is 10.0. The molecule has 0 spiro atoms. The maximum Gasteiger partial charge on any atom is 0.310 e. The Morgan fingerprint density at radius 2 is 1.76 bits per heavy atom. The van der Waals surface area contributed by atoms with E-state index < -0.39 is 9.76 Å². The Balaban J connectivity index is 2.49. The molecule has 0 radical (unpaired) electrons. The number of ether oxygens (including phenoxy) is 1. The molecule has 0 saturated heterocycles. The molecule has 134 valence electrons. The minimum atomic E-state index is -1.81. The molecule has 2 rings (SSSR count). The van der Waals surface area contributed by atoms with Gasteiger partial charge in [-0.25, -0.2) is 0 Å². The van der Waals surface area contributed by atoms with E-state index in [9.17, 15) is 9.59 Å². The van der Waals surface area contributed by atoms with Crippen molar-refractivity contribution >= 4 is 58.2 Å². The van der Waals surface area contributed by atoms with Crippen LogP contribution < -0.4 is 0 Å². The molecule has 1 heterocycles. The van der Waals surface area contributed by atoms with Gasteiger partial charge in [0.1, 0.15) is 0 Å². The van der Waals surface area contributed by atoms with Crippen LogP contribution in [-0.2, 0) is 19.7 Å². The summed E-state index contributed by atoms with van der Waals surface area (Å²) in [5, 5.41) is 0.518. The van der Waals surface area contributed by atoms with E-state index >= 15 is 0 Å². The van der Waals surface area contributed by atoms with Crippen LogP contribution in [0.4, 0.5) is 0 Å². The van der Waals surface area contributed by atoms with Gasteiger partial charge in [0.05, 0.1) is 24.4 Å². The maximum atomic E-state index is 12.8. The molecule has 0 aliphatic heterocycles. The van der Waals surface area contributed by atoms with Crippen molar-refractivity contribution in [2.45, 2.75) is 24.1 Å². The maximum absolute atomic E-state index is 12.8. The summed E-state index contributed by atoms with van der Waals surface area (Å²) in [5.74, 6) is -0.759. The van der Waals surface area contributed by atoms with Crippen molar-refractivity contribution in [1.82, 2.24) is 4.98 Å². The third kappa shape index (κ3) is 4.70. The standard InChI is InChI=1S/C17H15Cl4NO3/c1-3-25-13(23)8-12-9(2)14(22-16(12)17(19,20)21)15(24)10-4-6-11(18)7-5-10/h4-7,22H,3,8H2,1-2H3. The van der Waals surface area contributed by atoms with E-state index in [1.165, 1.54) is 0 Å². The first-order chi connectivity index (χ1) is 11.6. The van der Waals surface area contributed by atoms with Crippen LogP contribution in [0.15, 0.2) is 24.3 Å². The number of alkyl halides is 3. The van der Waals surface area contributed by atoms with Gasteiger partial charge in [0.15, 0.2) is 0 Å². The van der Waals surface area contributed by atoms with Gasteiger partial charge < -0.3 is 9.72 Å². The van der Waals surface area contributed by atoms with Gasteiger partial charge in [-0.2, -0.15) is 0 Å². The lowest BCUT2D eigenvalue weighted by Crippen LogP contribution is -2.12. The Kier molecular flexibility index (Phi) is 6.44. The van der Waals surface area contributed by atoms with E-state index in [2.05, 4.69) is 4.98 Å². The molecule has 0 atom stereocenters. The lowest BCUT2D eigenvalue weighted by Gasteiger charge is -2.12. The molecule has 1 aromatic heterocycles. The third-order valence-electron chi connectivity index (χ3n) is 3.62. The zero-order chi connectivity index (χ0) is 18.8. The van der Waals surface area contributed by atoms with Crippen molar-refractivity contribution in [3.05, 3.63) is 57.4 Å². The second-order valence-electron chi connectivity index (χ2n) is 5.29. The number of halogens is 4. The van der Waals surface area contributed by atoms with Crippen LogP contribution >= 0.6 is 46.4 Å². The van der Waals surface area contributed by atoms with Crippen molar-refractivity contribution in [2.24, 2.45) is 0 Å². The Bertz CT molecular complexity index is 791. The zero-order valence-corrected chi connectivity index (χ0v) is 16.5. The fraction of sp³-hybridized carbons (Fsp3) is 0.294. The van der Waals surface area contributed by atoms with Crippen LogP contribution in [0.2, 0.25) is 5.02 Å². The third-order valence-corrected chi connectivity index (χ3v) is 4.44. The quantitative estimate of drug-likeness (QED) is 0.412.